The highest BCUT2D eigenvalue weighted by Gasteiger charge is 2.44. The van der Waals surface area contributed by atoms with E-state index in [9.17, 15) is 8.42 Å². The molecule has 33 heavy (non-hydrogen) atoms. The van der Waals surface area contributed by atoms with E-state index < -0.39 is 20.1 Å². The number of aromatic nitrogens is 2. The molecule has 3 aliphatic rings. The van der Waals surface area contributed by atoms with Crippen molar-refractivity contribution in [2.24, 2.45) is 5.73 Å². The van der Waals surface area contributed by atoms with Crippen LogP contribution < -0.4 is 15.4 Å². The molecule has 4 heterocycles. The number of hydrogen-bond acceptors (Lipinski definition) is 9. The molecule has 0 bridgehead atoms. The number of anilines is 1. The fourth-order valence-electron chi connectivity index (χ4n) is 4.50. The average molecular weight is 475 g/mol. The van der Waals surface area contributed by atoms with Gasteiger partial charge in [0.05, 0.1) is 44.1 Å². The number of benzene rings is 1. The molecule has 1 aromatic heterocycles. The molecule has 1 unspecified atom stereocenters. The third-order valence-electron chi connectivity index (χ3n) is 6.96. The van der Waals surface area contributed by atoms with Gasteiger partial charge in [0.15, 0.2) is 27.2 Å². The van der Waals surface area contributed by atoms with Crippen LogP contribution in [-0.2, 0) is 29.6 Å². The van der Waals surface area contributed by atoms with Gasteiger partial charge in [0, 0.05) is 11.8 Å². The molecule has 0 saturated carbocycles. The first-order valence-corrected chi connectivity index (χ1v) is 13.0. The van der Waals surface area contributed by atoms with E-state index in [0.717, 1.165) is 11.1 Å². The Bertz CT molecular complexity index is 1200. The maximum Gasteiger partial charge on any atom is 0.185 e. The number of nitrogens with two attached hydrogens (primary N) is 1. The highest BCUT2D eigenvalue weighted by Crippen LogP contribution is 2.44. The minimum atomic E-state index is -3.51. The maximum absolute atomic E-state index is 12.8. The summed E-state index contributed by atoms with van der Waals surface area (Å²) in [4.78, 5) is 11.9. The lowest BCUT2D eigenvalue weighted by molar-refractivity contribution is -0.0568. The van der Waals surface area contributed by atoms with Crippen LogP contribution in [0.15, 0.2) is 24.3 Å². The van der Waals surface area contributed by atoms with E-state index in [-0.39, 0.29) is 12.1 Å². The molecule has 5 rings (SSSR count). The van der Waals surface area contributed by atoms with Crippen molar-refractivity contribution in [2.45, 2.75) is 43.1 Å². The normalized spacial score (nSPS) is 24.3. The molecular formula is C23H30N4O5S. The van der Waals surface area contributed by atoms with Crippen LogP contribution in [-0.4, -0.2) is 69.8 Å². The Labute approximate surface area is 194 Å². The topological polar surface area (TPSA) is 117 Å². The van der Waals surface area contributed by atoms with Gasteiger partial charge in [-0.2, -0.15) is 0 Å². The lowest BCUT2D eigenvalue weighted by Gasteiger charge is -2.45. The predicted molar refractivity (Wildman–Crippen MR) is 124 cm³/mol. The molecule has 178 valence electrons. The van der Waals surface area contributed by atoms with E-state index in [0.29, 0.717) is 56.1 Å². The van der Waals surface area contributed by atoms with Gasteiger partial charge in [-0.3, -0.25) is 0 Å². The number of ether oxygens (including phenoxy) is 3. The van der Waals surface area contributed by atoms with E-state index in [1.54, 1.807) is 13.8 Å². The number of hydrogen-bond donors (Lipinski definition) is 1. The molecule has 2 atom stereocenters. The van der Waals surface area contributed by atoms with Crippen LogP contribution in [0.2, 0.25) is 0 Å². The molecule has 2 fully saturated rings. The summed E-state index contributed by atoms with van der Waals surface area (Å²) in [6, 6.07) is 7.83. The zero-order valence-corrected chi connectivity index (χ0v) is 20.2. The molecule has 0 spiro atoms. The largest absolute Gasteiger partial charge is 0.486 e. The fourth-order valence-corrected chi connectivity index (χ4v) is 4.99. The number of morpholine rings is 1. The van der Waals surface area contributed by atoms with Gasteiger partial charge in [0.25, 0.3) is 0 Å². The molecule has 0 amide bonds. The number of fused-ring (bicyclic) bond motifs is 3. The molecule has 0 radical (unpaired) electrons. The van der Waals surface area contributed by atoms with Gasteiger partial charge in [0.1, 0.15) is 17.0 Å². The molecular weight excluding hydrogens is 444 g/mol. The Morgan fingerprint density at radius 1 is 1.15 bits per heavy atom. The standard InChI is InChI=1S/C23H30N4O5S/c1-14-9-30-10-17-11-32-18-19(22(2,3)33(4,28)29)25-20(26-21(18)27(14)17)15-6-5-7-16(8-15)23(24)12-31-13-23/h5-8,14,17H,9-13,24H2,1-4H3/t14-,17?/m1/s1. The van der Waals surface area contributed by atoms with Crippen molar-refractivity contribution < 1.29 is 22.6 Å². The molecule has 3 aliphatic heterocycles. The molecule has 10 heteroatoms. The summed E-state index contributed by atoms with van der Waals surface area (Å²) in [6.45, 7) is 7.76. The summed E-state index contributed by atoms with van der Waals surface area (Å²) in [5.74, 6) is 1.48. The second kappa shape index (κ2) is 7.63. The van der Waals surface area contributed by atoms with Crippen LogP contribution in [0.5, 0.6) is 5.75 Å². The second-order valence-corrected chi connectivity index (χ2v) is 12.4. The van der Waals surface area contributed by atoms with Crippen molar-refractivity contribution >= 4 is 15.7 Å². The Morgan fingerprint density at radius 3 is 2.58 bits per heavy atom. The zero-order valence-electron chi connectivity index (χ0n) is 19.4. The van der Waals surface area contributed by atoms with Gasteiger partial charge in [0.2, 0.25) is 0 Å². The van der Waals surface area contributed by atoms with Crippen molar-refractivity contribution in [3.8, 4) is 17.1 Å². The van der Waals surface area contributed by atoms with Gasteiger partial charge < -0.3 is 24.8 Å². The van der Waals surface area contributed by atoms with Gasteiger partial charge in [-0.05, 0) is 32.4 Å². The summed E-state index contributed by atoms with van der Waals surface area (Å²) < 4.78 is 41.4. The number of sulfone groups is 1. The monoisotopic (exact) mass is 474 g/mol. The first kappa shape index (κ1) is 22.5. The lowest BCUT2D eigenvalue weighted by atomic mass is 9.88. The number of rotatable bonds is 4. The summed E-state index contributed by atoms with van der Waals surface area (Å²) in [6.07, 6.45) is 1.22. The molecule has 9 nitrogen and oxygen atoms in total. The summed E-state index contributed by atoms with van der Waals surface area (Å²) in [7, 11) is -3.51. The van der Waals surface area contributed by atoms with Gasteiger partial charge in [-0.15, -0.1) is 0 Å². The van der Waals surface area contributed by atoms with Crippen molar-refractivity contribution in [1.29, 1.82) is 0 Å². The number of nitrogens with zero attached hydrogens (tertiary/aromatic N) is 3. The van der Waals surface area contributed by atoms with E-state index in [4.69, 9.17) is 29.9 Å². The van der Waals surface area contributed by atoms with Crippen LogP contribution >= 0.6 is 0 Å². The predicted octanol–water partition coefficient (Wildman–Crippen LogP) is 1.59. The lowest BCUT2D eigenvalue weighted by Crippen LogP contribution is -2.56. The Morgan fingerprint density at radius 2 is 1.91 bits per heavy atom. The zero-order chi connectivity index (χ0) is 23.6. The molecule has 2 aromatic rings. The van der Waals surface area contributed by atoms with Crippen LogP contribution in [0.1, 0.15) is 32.0 Å². The first-order chi connectivity index (χ1) is 15.5. The van der Waals surface area contributed by atoms with Gasteiger partial charge in [-0.1, -0.05) is 18.2 Å². The second-order valence-electron chi connectivity index (χ2n) is 9.82. The summed E-state index contributed by atoms with van der Waals surface area (Å²) in [5.41, 5.74) is 7.98. The SMILES string of the molecule is C[C@@H]1COCC2COc3c(nc(-c4cccc(C5(N)COC5)c4)nc3C(C)(C)S(C)(=O)=O)N21. The highest BCUT2D eigenvalue weighted by molar-refractivity contribution is 7.91. The van der Waals surface area contributed by atoms with Gasteiger partial charge >= 0.3 is 0 Å². The van der Waals surface area contributed by atoms with Crippen molar-refractivity contribution in [1.82, 2.24) is 9.97 Å². The minimum absolute atomic E-state index is 0.00367. The van der Waals surface area contributed by atoms with Gasteiger partial charge in [-0.25, -0.2) is 18.4 Å². The van der Waals surface area contributed by atoms with Crippen LogP contribution in [0.25, 0.3) is 11.4 Å². The van der Waals surface area contributed by atoms with Crippen molar-refractivity contribution in [2.75, 3.05) is 44.2 Å². The van der Waals surface area contributed by atoms with Crippen LogP contribution in [0.3, 0.4) is 0 Å². The quantitative estimate of drug-likeness (QED) is 0.705. The summed E-state index contributed by atoms with van der Waals surface area (Å²) >= 11 is 0. The van der Waals surface area contributed by atoms with Crippen LogP contribution in [0, 0.1) is 0 Å². The van der Waals surface area contributed by atoms with Crippen molar-refractivity contribution in [3.05, 3.63) is 35.5 Å². The molecule has 0 aliphatic carbocycles. The maximum atomic E-state index is 12.8. The fraction of sp³-hybridized carbons (Fsp3) is 0.565. The molecule has 1 aromatic carbocycles. The average Bonchev–Trinajstić information content (AvgIpc) is 2.75. The molecule has 2 N–H and O–H groups in total. The van der Waals surface area contributed by atoms with Crippen molar-refractivity contribution in [3.63, 3.8) is 0 Å². The Balaban J connectivity index is 1.71. The minimum Gasteiger partial charge on any atom is -0.486 e. The van der Waals surface area contributed by atoms with E-state index >= 15 is 0 Å². The summed E-state index contributed by atoms with van der Waals surface area (Å²) in [5, 5.41) is 0. The Hall–Kier alpha value is -2.27. The van der Waals surface area contributed by atoms with Crippen LogP contribution in [0.4, 0.5) is 5.82 Å². The van der Waals surface area contributed by atoms with E-state index in [2.05, 4.69) is 11.8 Å². The Kier molecular flexibility index (Phi) is 5.20. The molecule has 2 saturated heterocycles. The van der Waals surface area contributed by atoms with E-state index in [1.807, 2.05) is 24.3 Å². The third kappa shape index (κ3) is 3.60. The van der Waals surface area contributed by atoms with E-state index in [1.165, 1.54) is 6.26 Å². The smallest absolute Gasteiger partial charge is 0.185 e. The first-order valence-electron chi connectivity index (χ1n) is 11.1. The third-order valence-corrected chi connectivity index (χ3v) is 9.01. The highest BCUT2D eigenvalue weighted by atomic mass is 32.2.